The van der Waals surface area contributed by atoms with Gasteiger partial charge in [-0.05, 0) is 48.0 Å². The van der Waals surface area contributed by atoms with Crippen LogP contribution in [0.25, 0.3) is 10.9 Å². The largest absolute Gasteiger partial charge is 0.495 e. The molecule has 4 aromatic rings. The zero-order valence-electron chi connectivity index (χ0n) is 20.8. The Labute approximate surface area is 226 Å². The van der Waals surface area contributed by atoms with Gasteiger partial charge in [0.05, 0.1) is 18.3 Å². The fourth-order valence-electron chi connectivity index (χ4n) is 4.59. The number of hydrogen-bond acceptors (Lipinski definition) is 6. The third-order valence-corrected chi connectivity index (χ3v) is 8.16. The van der Waals surface area contributed by atoms with Crippen LogP contribution in [0, 0.1) is 0 Å². The first-order valence-corrected chi connectivity index (χ1v) is 14.0. The van der Waals surface area contributed by atoms with Crippen molar-refractivity contribution in [1.82, 2.24) is 14.8 Å². The molecule has 1 aromatic heterocycles. The molecule has 8 nitrogen and oxygen atoms in total. The molecule has 0 saturated carbocycles. The molecule has 0 bridgehead atoms. The number of methoxy groups -OCH3 is 1. The van der Waals surface area contributed by atoms with Crippen molar-refractivity contribution in [2.45, 2.75) is 11.4 Å². The van der Waals surface area contributed by atoms with E-state index in [1.54, 1.807) is 53.6 Å². The fraction of sp³-hybridized carbons (Fsp3) is 0.214. The highest BCUT2D eigenvalue weighted by molar-refractivity contribution is 7.93. The molecule has 0 aliphatic carbocycles. The number of halogens is 1. The van der Waals surface area contributed by atoms with E-state index in [4.69, 9.17) is 16.3 Å². The van der Waals surface area contributed by atoms with Gasteiger partial charge in [0.15, 0.2) is 0 Å². The molecule has 5 rings (SSSR count). The third-order valence-electron chi connectivity index (χ3n) is 6.53. The molecule has 1 N–H and O–H groups in total. The minimum absolute atomic E-state index is 0.0634. The summed E-state index contributed by atoms with van der Waals surface area (Å²) in [4.78, 5) is 21.6. The van der Waals surface area contributed by atoms with Crippen LogP contribution in [-0.2, 0) is 16.6 Å². The Morgan fingerprint density at radius 2 is 1.76 bits per heavy atom. The predicted molar refractivity (Wildman–Crippen MR) is 148 cm³/mol. The maximum absolute atomic E-state index is 13.2. The van der Waals surface area contributed by atoms with E-state index in [0.717, 1.165) is 30.6 Å². The zero-order valence-corrected chi connectivity index (χ0v) is 22.4. The summed E-state index contributed by atoms with van der Waals surface area (Å²) >= 11 is 6.10. The van der Waals surface area contributed by atoms with Gasteiger partial charge in [-0.2, -0.15) is 0 Å². The molecule has 1 aliphatic heterocycles. The average molecular weight is 551 g/mol. The van der Waals surface area contributed by atoms with Gasteiger partial charge in [-0.3, -0.25) is 19.4 Å². The molecule has 2 heterocycles. The van der Waals surface area contributed by atoms with Crippen molar-refractivity contribution in [1.29, 1.82) is 0 Å². The van der Waals surface area contributed by atoms with Crippen LogP contribution in [0.15, 0.2) is 83.9 Å². The fourth-order valence-corrected chi connectivity index (χ4v) is 6.05. The molecule has 0 radical (unpaired) electrons. The molecule has 38 heavy (non-hydrogen) atoms. The number of anilines is 1. The van der Waals surface area contributed by atoms with Gasteiger partial charge in [0.25, 0.3) is 15.9 Å². The molecule has 196 valence electrons. The minimum Gasteiger partial charge on any atom is -0.495 e. The van der Waals surface area contributed by atoms with Gasteiger partial charge in [0.2, 0.25) is 0 Å². The van der Waals surface area contributed by atoms with Gasteiger partial charge >= 0.3 is 0 Å². The SMILES string of the molecule is COc1cc(C(=O)N2CCN(Cc3cccc(Cl)c3)CC2)ccc1NS(=O)(=O)c1cccc2cccnc12. The summed E-state index contributed by atoms with van der Waals surface area (Å²) in [5, 5.41) is 1.43. The lowest BCUT2D eigenvalue weighted by molar-refractivity contribution is 0.0628. The Morgan fingerprint density at radius 1 is 1.00 bits per heavy atom. The van der Waals surface area contributed by atoms with E-state index in [-0.39, 0.29) is 22.2 Å². The summed E-state index contributed by atoms with van der Waals surface area (Å²) in [6.07, 6.45) is 1.56. The maximum Gasteiger partial charge on any atom is 0.264 e. The highest BCUT2D eigenvalue weighted by Gasteiger charge is 2.24. The number of benzene rings is 3. The van der Waals surface area contributed by atoms with E-state index in [9.17, 15) is 13.2 Å². The van der Waals surface area contributed by atoms with Crippen molar-refractivity contribution in [2.75, 3.05) is 38.0 Å². The molecule has 0 spiro atoms. The van der Waals surface area contributed by atoms with Crippen molar-refractivity contribution in [3.05, 3.63) is 95.1 Å². The Morgan fingerprint density at radius 3 is 2.53 bits per heavy atom. The van der Waals surface area contributed by atoms with E-state index in [1.807, 2.05) is 24.3 Å². The molecule has 0 unspecified atom stereocenters. The monoisotopic (exact) mass is 550 g/mol. The number of amides is 1. The lowest BCUT2D eigenvalue weighted by atomic mass is 10.1. The van der Waals surface area contributed by atoms with Crippen molar-refractivity contribution in [3.8, 4) is 5.75 Å². The Hall–Kier alpha value is -3.66. The van der Waals surface area contributed by atoms with E-state index < -0.39 is 10.0 Å². The number of rotatable bonds is 7. The second-order valence-corrected chi connectivity index (χ2v) is 11.1. The summed E-state index contributed by atoms with van der Waals surface area (Å²) in [5.41, 5.74) is 2.19. The lowest BCUT2D eigenvalue weighted by Gasteiger charge is -2.35. The number of carbonyl (C=O) groups excluding carboxylic acids is 1. The van der Waals surface area contributed by atoms with E-state index in [2.05, 4.69) is 14.6 Å². The number of nitrogens with one attached hydrogen (secondary N) is 1. The Kier molecular flexibility index (Phi) is 7.51. The molecule has 0 atom stereocenters. The quantitative estimate of drug-likeness (QED) is 0.360. The highest BCUT2D eigenvalue weighted by Crippen LogP contribution is 2.30. The molecule has 3 aromatic carbocycles. The number of fused-ring (bicyclic) bond motifs is 1. The van der Waals surface area contributed by atoms with Crippen molar-refractivity contribution < 1.29 is 17.9 Å². The normalized spacial score (nSPS) is 14.4. The number of para-hydroxylation sites is 1. The third kappa shape index (κ3) is 5.60. The summed E-state index contributed by atoms with van der Waals surface area (Å²) in [7, 11) is -2.52. The van der Waals surface area contributed by atoms with Crippen LogP contribution < -0.4 is 9.46 Å². The molecule has 1 aliphatic rings. The van der Waals surface area contributed by atoms with Crippen LogP contribution in [-0.4, -0.2) is 62.4 Å². The van der Waals surface area contributed by atoms with Crippen LogP contribution in [0.3, 0.4) is 0 Å². The van der Waals surface area contributed by atoms with Crippen LogP contribution in [0.4, 0.5) is 5.69 Å². The van der Waals surface area contributed by atoms with E-state index in [0.29, 0.717) is 29.2 Å². The molecule has 1 saturated heterocycles. The second-order valence-electron chi connectivity index (χ2n) is 9.05. The highest BCUT2D eigenvalue weighted by atomic mass is 35.5. The summed E-state index contributed by atoms with van der Waals surface area (Å²) < 4.78 is 34.5. The first-order chi connectivity index (χ1) is 18.3. The van der Waals surface area contributed by atoms with Crippen molar-refractivity contribution in [3.63, 3.8) is 0 Å². The van der Waals surface area contributed by atoms with Gasteiger partial charge in [-0.1, -0.05) is 41.9 Å². The number of hydrogen-bond donors (Lipinski definition) is 1. The van der Waals surface area contributed by atoms with Gasteiger partial charge in [-0.25, -0.2) is 8.42 Å². The molecular weight excluding hydrogens is 524 g/mol. The standard InChI is InChI=1S/C28H27ClN4O4S/c1-37-25-18-22(28(34)33-15-13-32(14-16-33)19-20-5-2-8-23(29)17-20)10-11-24(25)31-38(35,36)26-9-3-6-21-7-4-12-30-27(21)26/h2-12,17-18,31H,13-16,19H2,1H3. The number of aromatic nitrogens is 1. The topological polar surface area (TPSA) is 91.8 Å². The molecule has 10 heteroatoms. The van der Waals surface area contributed by atoms with Crippen LogP contribution in [0.1, 0.15) is 15.9 Å². The van der Waals surface area contributed by atoms with Crippen LogP contribution in [0.5, 0.6) is 5.75 Å². The summed E-state index contributed by atoms with van der Waals surface area (Å²) in [6, 6.07) is 21.1. The van der Waals surface area contributed by atoms with Crippen LogP contribution >= 0.6 is 11.6 Å². The van der Waals surface area contributed by atoms with Gasteiger partial charge in [0, 0.05) is 54.9 Å². The number of carbonyl (C=O) groups is 1. The number of sulfonamides is 1. The average Bonchev–Trinajstić information content (AvgIpc) is 2.93. The minimum atomic E-state index is -3.96. The number of ether oxygens (including phenoxy) is 1. The zero-order chi connectivity index (χ0) is 26.7. The van der Waals surface area contributed by atoms with Crippen molar-refractivity contribution >= 4 is 44.1 Å². The Bertz CT molecular complexity index is 1580. The van der Waals surface area contributed by atoms with Gasteiger partial charge < -0.3 is 9.64 Å². The predicted octanol–water partition coefficient (Wildman–Crippen LogP) is 4.66. The number of piperazine rings is 1. The first kappa shape index (κ1) is 26.0. The second kappa shape index (κ2) is 11.0. The first-order valence-electron chi connectivity index (χ1n) is 12.1. The van der Waals surface area contributed by atoms with E-state index >= 15 is 0 Å². The van der Waals surface area contributed by atoms with Crippen LogP contribution in [0.2, 0.25) is 5.02 Å². The van der Waals surface area contributed by atoms with Crippen molar-refractivity contribution in [2.24, 2.45) is 0 Å². The summed E-state index contributed by atoms with van der Waals surface area (Å²) in [5.74, 6) is 0.130. The number of pyridine rings is 1. The molecule has 1 fully saturated rings. The lowest BCUT2D eigenvalue weighted by Crippen LogP contribution is -2.48. The smallest absolute Gasteiger partial charge is 0.264 e. The van der Waals surface area contributed by atoms with E-state index in [1.165, 1.54) is 13.2 Å². The molecule has 1 amide bonds. The van der Waals surface area contributed by atoms with Gasteiger partial charge in [-0.15, -0.1) is 0 Å². The Balaban J connectivity index is 1.28. The number of nitrogens with zero attached hydrogens (tertiary/aromatic N) is 3. The maximum atomic E-state index is 13.2. The summed E-state index contributed by atoms with van der Waals surface area (Å²) in [6.45, 7) is 3.44. The van der Waals surface area contributed by atoms with Gasteiger partial charge in [0.1, 0.15) is 10.6 Å². The molecular formula is C28H27ClN4O4S.